The summed E-state index contributed by atoms with van der Waals surface area (Å²) >= 11 is 0. The van der Waals surface area contributed by atoms with Gasteiger partial charge in [0.15, 0.2) is 0 Å². The fourth-order valence-electron chi connectivity index (χ4n) is 1.01. The Morgan fingerprint density at radius 2 is 2.08 bits per heavy atom. The van der Waals surface area contributed by atoms with Gasteiger partial charge in [-0.05, 0) is 19.9 Å². The minimum absolute atomic E-state index is 0.353. The Kier molecular flexibility index (Phi) is 3.67. The van der Waals surface area contributed by atoms with Gasteiger partial charge >= 0.3 is 0 Å². The van der Waals surface area contributed by atoms with E-state index in [1.807, 2.05) is 12.4 Å². The van der Waals surface area contributed by atoms with Crippen molar-refractivity contribution in [3.63, 3.8) is 0 Å². The van der Waals surface area contributed by atoms with Gasteiger partial charge in [-0.25, -0.2) is 9.97 Å². The molecule has 1 rings (SSSR count). The molecule has 3 nitrogen and oxygen atoms in total. The zero-order chi connectivity index (χ0) is 8.81. The predicted molar refractivity (Wildman–Crippen MR) is 48.7 cm³/mol. The van der Waals surface area contributed by atoms with Gasteiger partial charge in [-0.2, -0.15) is 0 Å². The average Bonchev–Trinajstić information content (AvgIpc) is 2.15. The molecule has 0 aliphatic heterocycles. The van der Waals surface area contributed by atoms with E-state index in [2.05, 4.69) is 29.1 Å². The van der Waals surface area contributed by atoms with Gasteiger partial charge in [-0.15, -0.1) is 0 Å². The lowest BCUT2D eigenvalue weighted by Crippen LogP contribution is -2.19. The van der Waals surface area contributed by atoms with Crippen LogP contribution in [-0.4, -0.2) is 16.5 Å². The van der Waals surface area contributed by atoms with Crippen LogP contribution in [0.3, 0.4) is 0 Å². The first kappa shape index (κ1) is 9.13. The molecule has 1 unspecified atom stereocenters. The van der Waals surface area contributed by atoms with Crippen LogP contribution in [0.25, 0.3) is 0 Å². The minimum atomic E-state index is 0.353. The second-order valence-corrected chi connectivity index (χ2v) is 2.85. The van der Waals surface area contributed by atoms with Crippen molar-refractivity contribution in [1.82, 2.24) is 15.3 Å². The lowest BCUT2D eigenvalue weighted by molar-refractivity contribution is 0.567. The summed E-state index contributed by atoms with van der Waals surface area (Å²) in [5.74, 6) is 0. The molecule has 0 saturated heterocycles. The van der Waals surface area contributed by atoms with Crippen molar-refractivity contribution in [2.45, 2.75) is 26.3 Å². The molecule has 0 spiro atoms. The molecule has 1 atom stereocenters. The smallest absolute Gasteiger partial charge is 0.115 e. The zero-order valence-electron chi connectivity index (χ0n) is 7.62. The van der Waals surface area contributed by atoms with Crippen molar-refractivity contribution in [1.29, 1.82) is 0 Å². The monoisotopic (exact) mass is 165 g/mol. The quantitative estimate of drug-likeness (QED) is 0.735. The Hall–Kier alpha value is -0.960. The molecule has 1 N–H and O–H groups in total. The SMILES string of the molecule is CCCNC(C)c1cncnc1. The maximum atomic E-state index is 3.96. The van der Waals surface area contributed by atoms with Crippen LogP contribution in [0.5, 0.6) is 0 Å². The molecule has 0 fully saturated rings. The molecular formula is C9H15N3. The van der Waals surface area contributed by atoms with E-state index in [1.54, 1.807) is 6.33 Å². The molecule has 0 amide bonds. The van der Waals surface area contributed by atoms with Crippen LogP contribution in [0.4, 0.5) is 0 Å². The molecule has 12 heavy (non-hydrogen) atoms. The van der Waals surface area contributed by atoms with E-state index in [0.29, 0.717) is 6.04 Å². The highest BCUT2D eigenvalue weighted by Gasteiger charge is 2.02. The van der Waals surface area contributed by atoms with Crippen molar-refractivity contribution in [2.24, 2.45) is 0 Å². The van der Waals surface area contributed by atoms with Crippen LogP contribution in [0.2, 0.25) is 0 Å². The van der Waals surface area contributed by atoms with Crippen molar-refractivity contribution >= 4 is 0 Å². The topological polar surface area (TPSA) is 37.8 Å². The summed E-state index contributed by atoms with van der Waals surface area (Å²) in [5, 5.41) is 3.37. The molecule has 1 aromatic rings. The molecule has 0 aromatic carbocycles. The van der Waals surface area contributed by atoms with E-state index in [-0.39, 0.29) is 0 Å². The molecule has 0 radical (unpaired) electrons. The summed E-state index contributed by atoms with van der Waals surface area (Å²) in [6.07, 6.45) is 6.40. The van der Waals surface area contributed by atoms with Crippen LogP contribution < -0.4 is 5.32 Å². The molecule has 3 heteroatoms. The van der Waals surface area contributed by atoms with Crippen LogP contribution in [0, 0.1) is 0 Å². The summed E-state index contributed by atoms with van der Waals surface area (Å²) in [6.45, 7) is 5.31. The Morgan fingerprint density at radius 1 is 1.42 bits per heavy atom. The highest BCUT2D eigenvalue weighted by molar-refractivity contribution is 5.07. The van der Waals surface area contributed by atoms with E-state index in [9.17, 15) is 0 Å². The molecule has 0 bridgehead atoms. The van der Waals surface area contributed by atoms with Gasteiger partial charge in [0.25, 0.3) is 0 Å². The summed E-state index contributed by atoms with van der Waals surface area (Å²) < 4.78 is 0. The highest BCUT2D eigenvalue weighted by Crippen LogP contribution is 2.07. The van der Waals surface area contributed by atoms with Gasteiger partial charge in [-0.1, -0.05) is 6.92 Å². The zero-order valence-corrected chi connectivity index (χ0v) is 7.62. The molecule has 1 heterocycles. The average molecular weight is 165 g/mol. The third-order valence-electron chi connectivity index (χ3n) is 1.78. The number of hydrogen-bond donors (Lipinski definition) is 1. The number of nitrogens with one attached hydrogen (secondary N) is 1. The number of hydrogen-bond acceptors (Lipinski definition) is 3. The van der Waals surface area contributed by atoms with Gasteiger partial charge in [-0.3, -0.25) is 0 Å². The molecule has 0 aliphatic carbocycles. The molecule has 0 saturated carbocycles. The van der Waals surface area contributed by atoms with E-state index in [0.717, 1.165) is 18.5 Å². The van der Waals surface area contributed by atoms with Crippen LogP contribution in [0.15, 0.2) is 18.7 Å². The van der Waals surface area contributed by atoms with Gasteiger partial charge in [0, 0.05) is 24.0 Å². The van der Waals surface area contributed by atoms with Crippen LogP contribution in [0.1, 0.15) is 31.9 Å². The second kappa shape index (κ2) is 4.83. The maximum Gasteiger partial charge on any atom is 0.115 e. The number of rotatable bonds is 4. The summed E-state index contributed by atoms with van der Waals surface area (Å²) in [4.78, 5) is 7.93. The van der Waals surface area contributed by atoms with E-state index < -0.39 is 0 Å². The number of aromatic nitrogens is 2. The van der Waals surface area contributed by atoms with Crippen molar-refractivity contribution in [3.8, 4) is 0 Å². The van der Waals surface area contributed by atoms with Crippen LogP contribution >= 0.6 is 0 Å². The number of nitrogens with zero attached hydrogens (tertiary/aromatic N) is 2. The Morgan fingerprint density at radius 3 is 2.67 bits per heavy atom. The van der Waals surface area contributed by atoms with Gasteiger partial charge < -0.3 is 5.32 Å². The summed E-state index contributed by atoms with van der Waals surface area (Å²) in [7, 11) is 0. The fraction of sp³-hybridized carbons (Fsp3) is 0.556. The molecule has 0 aliphatic rings. The highest BCUT2D eigenvalue weighted by atomic mass is 14.9. The third-order valence-corrected chi connectivity index (χ3v) is 1.78. The van der Waals surface area contributed by atoms with Crippen LogP contribution in [-0.2, 0) is 0 Å². The molecule has 66 valence electrons. The van der Waals surface area contributed by atoms with Gasteiger partial charge in [0.2, 0.25) is 0 Å². The van der Waals surface area contributed by atoms with E-state index >= 15 is 0 Å². The normalized spacial score (nSPS) is 12.8. The standard InChI is InChI=1S/C9H15N3/c1-3-4-12-8(2)9-5-10-7-11-6-9/h5-8,12H,3-4H2,1-2H3. The van der Waals surface area contributed by atoms with Crippen molar-refractivity contribution in [2.75, 3.05) is 6.54 Å². The first-order chi connectivity index (χ1) is 5.84. The second-order valence-electron chi connectivity index (χ2n) is 2.85. The molecule has 1 aromatic heterocycles. The third kappa shape index (κ3) is 2.58. The largest absolute Gasteiger partial charge is 0.310 e. The summed E-state index contributed by atoms with van der Waals surface area (Å²) in [5.41, 5.74) is 1.14. The Labute approximate surface area is 73.2 Å². The Bertz CT molecular complexity index is 210. The van der Waals surface area contributed by atoms with Crippen molar-refractivity contribution in [3.05, 3.63) is 24.3 Å². The lowest BCUT2D eigenvalue weighted by Gasteiger charge is -2.11. The van der Waals surface area contributed by atoms with Gasteiger partial charge in [0.1, 0.15) is 6.33 Å². The Balaban J connectivity index is 2.48. The molecular weight excluding hydrogens is 150 g/mol. The summed E-state index contributed by atoms with van der Waals surface area (Å²) in [6, 6.07) is 0.353. The minimum Gasteiger partial charge on any atom is -0.310 e. The maximum absolute atomic E-state index is 3.96. The first-order valence-corrected chi connectivity index (χ1v) is 4.33. The first-order valence-electron chi connectivity index (χ1n) is 4.33. The predicted octanol–water partition coefficient (Wildman–Crippen LogP) is 1.54. The fourth-order valence-corrected chi connectivity index (χ4v) is 1.01. The van der Waals surface area contributed by atoms with Gasteiger partial charge in [0.05, 0.1) is 0 Å². The van der Waals surface area contributed by atoms with Crippen molar-refractivity contribution < 1.29 is 0 Å². The lowest BCUT2D eigenvalue weighted by atomic mass is 10.2. The van der Waals surface area contributed by atoms with E-state index in [4.69, 9.17) is 0 Å². The van der Waals surface area contributed by atoms with E-state index in [1.165, 1.54) is 0 Å².